The second kappa shape index (κ2) is 5.64. The lowest BCUT2D eigenvalue weighted by Gasteiger charge is -2.07. The van der Waals surface area contributed by atoms with Gasteiger partial charge < -0.3 is 10.5 Å². The Hall–Kier alpha value is -1.61. The highest BCUT2D eigenvalue weighted by molar-refractivity contribution is 5.85. The summed E-state index contributed by atoms with van der Waals surface area (Å²) in [5.41, 5.74) is 6.64. The van der Waals surface area contributed by atoms with Gasteiger partial charge in [0.2, 0.25) is 0 Å². The van der Waals surface area contributed by atoms with E-state index in [4.69, 9.17) is 10.5 Å². The molecule has 0 spiro atoms. The van der Waals surface area contributed by atoms with E-state index < -0.39 is 0 Å². The number of aromatic nitrogens is 1. The Balaban J connectivity index is 2.33. The normalized spacial score (nSPS) is 10.7. The molecule has 0 unspecified atom stereocenters. The lowest BCUT2D eigenvalue weighted by Crippen LogP contribution is -2.00. The highest BCUT2D eigenvalue weighted by Crippen LogP contribution is 2.23. The van der Waals surface area contributed by atoms with Crippen molar-refractivity contribution in [2.45, 2.75) is 19.3 Å². The van der Waals surface area contributed by atoms with Gasteiger partial charge in [-0.2, -0.15) is 0 Å². The van der Waals surface area contributed by atoms with Crippen molar-refractivity contribution >= 4 is 10.8 Å². The van der Waals surface area contributed by atoms with E-state index in [1.165, 1.54) is 10.8 Å². The summed E-state index contributed by atoms with van der Waals surface area (Å²) >= 11 is 0. The van der Waals surface area contributed by atoms with Gasteiger partial charge in [-0.3, -0.25) is 4.98 Å². The van der Waals surface area contributed by atoms with Crippen LogP contribution in [-0.4, -0.2) is 18.6 Å². The zero-order chi connectivity index (χ0) is 12.1. The van der Waals surface area contributed by atoms with Crippen molar-refractivity contribution in [2.75, 3.05) is 13.7 Å². The minimum Gasteiger partial charge on any atom is -0.497 e. The van der Waals surface area contributed by atoms with Crippen LogP contribution in [0.5, 0.6) is 5.75 Å². The van der Waals surface area contributed by atoms with Crippen LogP contribution in [0.3, 0.4) is 0 Å². The molecule has 0 saturated heterocycles. The van der Waals surface area contributed by atoms with E-state index in [-0.39, 0.29) is 0 Å². The quantitative estimate of drug-likeness (QED) is 0.803. The smallest absolute Gasteiger partial charge is 0.119 e. The highest BCUT2D eigenvalue weighted by Gasteiger charge is 2.03. The molecule has 0 aliphatic rings. The summed E-state index contributed by atoms with van der Waals surface area (Å²) in [5, 5.41) is 2.40. The van der Waals surface area contributed by atoms with E-state index in [0.29, 0.717) is 0 Å². The monoisotopic (exact) mass is 230 g/mol. The van der Waals surface area contributed by atoms with Gasteiger partial charge in [0.1, 0.15) is 5.75 Å². The summed E-state index contributed by atoms with van der Waals surface area (Å²) in [6.07, 6.45) is 4.97. The zero-order valence-electron chi connectivity index (χ0n) is 10.1. The number of methoxy groups -OCH3 is 1. The lowest BCUT2D eigenvalue weighted by atomic mass is 10.1. The predicted molar refractivity (Wildman–Crippen MR) is 70.3 cm³/mol. The Morgan fingerprint density at radius 3 is 2.88 bits per heavy atom. The number of nitrogens with zero attached hydrogens (tertiary/aromatic N) is 1. The van der Waals surface area contributed by atoms with Gasteiger partial charge in [-0.1, -0.05) is 6.07 Å². The maximum atomic E-state index is 5.51. The van der Waals surface area contributed by atoms with Crippen molar-refractivity contribution in [1.82, 2.24) is 4.98 Å². The van der Waals surface area contributed by atoms with Gasteiger partial charge in [-0.15, -0.1) is 0 Å². The van der Waals surface area contributed by atoms with Crippen molar-refractivity contribution in [3.8, 4) is 5.75 Å². The van der Waals surface area contributed by atoms with Crippen LogP contribution in [0.25, 0.3) is 10.8 Å². The Morgan fingerprint density at radius 2 is 2.12 bits per heavy atom. The molecule has 3 heteroatoms. The number of hydrogen-bond acceptors (Lipinski definition) is 3. The van der Waals surface area contributed by atoms with Crippen LogP contribution in [0.4, 0.5) is 0 Å². The molecule has 1 heterocycles. The molecule has 0 saturated carbocycles. The molecule has 1 aromatic carbocycles. The molecule has 2 rings (SSSR count). The average Bonchev–Trinajstić information content (AvgIpc) is 2.39. The number of rotatable bonds is 5. The minimum atomic E-state index is 0.744. The first kappa shape index (κ1) is 11.9. The van der Waals surface area contributed by atoms with Gasteiger partial charge in [-0.25, -0.2) is 0 Å². The number of nitrogens with two attached hydrogens (primary N) is 1. The number of aryl methyl sites for hydroxylation is 1. The summed E-state index contributed by atoms with van der Waals surface area (Å²) in [7, 11) is 1.69. The summed E-state index contributed by atoms with van der Waals surface area (Å²) in [5.74, 6) is 0.880. The SMILES string of the molecule is COc1ccc2ccnc(CCCCN)c2c1. The molecular weight excluding hydrogens is 212 g/mol. The second-order valence-corrected chi connectivity index (χ2v) is 4.09. The van der Waals surface area contributed by atoms with Crippen molar-refractivity contribution < 1.29 is 4.74 Å². The van der Waals surface area contributed by atoms with Crippen molar-refractivity contribution in [3.05, 3.63) is 36.2 Å². The molecule has 0 radical (unpaired) electrons. The fraction of sp³-hybridized carbons (Fsp3) is 0.357. The number of unbranched alkanes of at least 4 members (excludes halogenated alkanes) is 1. The number of hydrogen-bond donors (Lipinski definition) is 1. The van der Waals surface area contributed by atoms with Crippen LogP contribution in [-0.2, 0) is 6.42 Å². The molecule has 2 aromatic rings. The fourth-order valence-corrected chi connectivity index (χ4v) is 1.97. The standard InChI is InChI=1S/C14H18N2O/c1-17-12-6-5-11-7-9-16-14(13(11)10-12)4-2-3-8-15/h5-7,9-10H,2-4,8,15H2,1H3. The summed E-state index contributed by atoms with van der Waals surface area (Å²) in [4.78, 5) is 4.46. The lowest BCUT2D eigenvalue weighted by molar-refractivity contribution is 0.415. The third-order valence-corrected chi connectivity index (χ3v) is 2.92. The number of benzene rings is 1. The fourth-order valence-electron chi connectivity index (χ4n) is 1.97. The molecular formula is C14H18N2O. The van der Waals surface area contributed by atoms with Crippen molar-refractivity contribution in [1.29, 1.82) is 0 Å². The highest BCUT2D eigenvalue weighted by atomic mass is 16.5. The van der Waals surface area contributed by atoms with Crippen LogP contribution in [0.1, 0.15) is 18.5 Å². The first-order valence-corrected chi connectivity index (χ1v) is 5.97. The third-order valence-electron chi connectivity index (χ3n) is 2.92. The molecule has 3 nitrogen and oxygen atoms in total. The van der Waals surface area contributed by atoms with Crippen LogP contribution in [0.15, 0.2) is 30.5 Å². The molecule has 0 atom stereocenters. The van der Waals surface area contributed by atoms with Gasteiger partial charge >= 0.3 is 0 Å². The van der Waals surface area contributed by atoms with Gasteiger partial charge in [0.15, 0.2) is 0 Å². The first-order chi connectivity index (χ1) is 8.35. The first-order valence-electron chi connectivity index (χ1n) is 5.97. The van der Waals surface area contributed by atoms with E-state index in [1.54, 1.807) is 7.11 Å². The van der Waals surface area contributed by atoms with E-state index in [0.717, 1.165) is 37.3 Å². The zero-order valence-corrected chi connectivity index (χ0v) is 10.1. The Morgan fingerprint density at radius 1 is 1.24 bits per heavy atom. The van der Waals surface area contributed by atoms with E-state index in [1.807, 2.05) is 18.3 Å². The van der Waals surface area contributed by atoms with Crippen LogP contribution < -0.4 is 10.5 Å². The van der Waals surface area contributed by atoms with Crippen LogP contribution in [0.2, 0.25) is 0 Å². The Bertz CT molecular complexity index is 497. The van der Waals surface area contributed by atoms with E-state index in [2.05, 4.69) is 17.1 Å². The molecule has 90 valence electrons. The van der Waals surface area contributed by atoms with Gasteiger partial charge in [0, 0.05) is 17.3 Å². The molecule has 2 N–H and O–H groups in total. The largest absolute Gasteiger partial charge is 0.497 e. The number of fused-ring (bicyclic) bond motifs is 1. The molecule has 17 heavy (non-hydrogen) atoms. The molecule has 0 aliphatic carbocycles. The third kappa shape index (κ3) is 2.74. The van der Waals surface area contributed by atoms with Crippen molar-refractivity contribution in [2.24, 2.45) is 5.73 Å². The Kier molecular flexibility index (Phi) is 3.94. The molecule has 0 aliphatic heterocycles. The van der Waals surface area contributed by atoms with Crippen LogP contribution in [0, 0.1) is 0 Å². The predicted octanol–water partition coefficient (Wildman–Crippen LogP) is 2.52. The number of pyridine rings is 1. The van der Waals surface area contributed by atoms with Gasteiger partial charge in [0.05, 0.1) is 7.11 Å². The Labute approximate surface area is 102 Å². The second-order valence-electron chi connectivity index (χ2n) is 4.09. The summed E-state index contributed by atoms with van der Waals surface area (Å²) in [6.45, 7) is 0.744. The molecule has 1 aromatic heterocycles. The number of ether oxygens (including phenoxy) is 1. The average molecular weight is 230 g/mol. The minimum absolute atomic E-state index is 0.744. The summed E-state index contributed by atoms with van der Waals surface area (Å²) < 4.78 is 5.26. The van der Waals surface area contributed by atoms with E-state index in [9.17, 15) is 0 Å². The molecule has 0 bridgehead atoms. The topological polar surface area (TPSA) is 48.1 Å². The summed E-state index contributed by atoms with van der Waals surface area (Å²) in [6, 6.07) is 8.13. The van der Waals surface area contributed by atoms with Crippen molar-refractivity contribution in [3.63, 3.8) is 0 Å². The molecule has 0 fully saturated rings. The van der Waals surface area contributed by atoms with Crippen LogP contribution >= 0.6 is 0 Å². The maximum Gasteiger partial charge on any atom is 0.119 e. The van der Waals surface area contributed by atoms with Gasteiger partial charge in [0.25, 0.3) is 0 Å². The maximum absolute atomic E-state index is 5.51. The van der Waals surface area contributed by atoms with Gasteiger partial charge in [-0.05, 0) is 49.4 Å². The van der Waals surface area contributed by atoms with E-state index >= 15 is 0 Å². The molecule has 0 amide bonds.